The van der Waals surface area contributed by atoms with E-state index in [1.54, 1.807) is 31.4 Å². The quantitative estimate of drug-likeness (QED) is 0.778. The highest BCUT2D eigenvalue weighted by Gasteiger charge is 2.22. The monoisotopic (exact) mass is 301 g/mol. The molecule has 0 aromatic heterocycles. The number of methoxy groups -OCH3 is 1. The molecule has 0 aliphatic carbocycles. The molecule has 1 amide bonds. The lowest BCUT2D eigenvalue weighted by atomic mass is 10.1. The summed E-state index contributed by atoms with van der Waals surface area (Å²) in [5.41, 5.74) is 0.882. The van der Waals surface area contributed by atoms with Gasteiger partial charge in [-0.3, -0.25) is 4.79 Å². The molecular formula is C17H23N3O2. The van der Waals surface area contributed by atoms with Crippen LogP contribution in [0.3, 0.4) is 0 Å². The van der Waals surface area contributed by atoms with Gasteiger partial charge in [-0.05, 0) is 37.4 Å². The summed E-state index contributed by atoms with van der Waals surface area (Å²) < 4.78 is 5.07. The molecule has 2 rings (SSSR count). The average molecular weight is 301 g/mol. The van der Waals surface area contributed by atoms with Crippen molar-refractivity contribution in [2.24, 2.45) is 5.92 Å². The molecule has 5 nitrogen and oxygen atoms in total. The number of ether oxygens (including phenoxy) is 1. The fourth-order valence-electron chi connectivity index (χ4n) is 2.83. The van der Waals surface area contributed by atoms with E-state index < -0.39 is 0 Å². The molecule has 1 aliphatic rings. The van der Waals surface area contributed by atoms with Crippen LogP contribution in [-0.4, -0.2) is 50.7 Å². The van der Waals surface area contributed by atoms with Gasteiger partial charge in [0.15, 0.2) is 0 Å². The summed E-state index contributed by atoms with van der Waals surface area (Å²) in [6.07, 6.45) is 2.15. The smallest absolute Gasteiger partial charge is 0.252 e. The summed E-state index contributed by atoms with van der Waals surface area (Å²) in [6, 6.07) is 8.97. The summed E-state index contributed by atoms with van der Waals surface area (Å²) >= 11 is 0. The molecule has 1 aliphatic heterocycles. The van der Waals surface area contributed by atoms with Gasteiger partial charge in [-0.25, -0.2) is 0 Å². The van der Waals surface area contributed by atoms with Gasteiger partial charge in [0.2, 0.25) is 0 Å². The lowest BCUT2D eigenvalue weighted by Crippen LogP contribution is -2.31. The van der Waals surface area contributed by atoms with Crippen molar-refractivity contribution in [1.29, 1.82) is 5.26 Å². The van der Waals surface area contributed by atoms with Gasteiger partial charge in [0, 0.05) is 33.4 Å². The number of carbonyl (C=O) groups is 1. The second-order valence-corrected chi connectivity index (χ2v) is 5.67. The Morgan fingerprint density at radius 2 is 2.32 bits per heavy atom. The van der Waals surface area contributed by atoms with Crippen LogP contribution >= 0.6 is 0 Å². The van der Waals surface area contributed by atoms with Crippen LogP contribution in [0, 0.1) is 17.2 Å². The number of nitrogens with zero attached hydrogens (tertiary/aromatic N) is 2. The molecule has 1 aromatic rings. The van der Waals surface area contributed by atoms with Crippen LogP contribution in [0.15, 0.2) is 24.3 Å². The van der Waals surface area contributed by atoms with Crippen molar-refractivity contribution in [1.82, 2.24) is 10.2 Å². The van der Waals surface area contributed by atoms with Crippen molar-refractivity contribution in [3.63, 3.8) is 0 Å². The number of benzene rings is 1. The van der Waals surface area contributed by atoms with Gasteiger partial charge < -0.3 is 15.0 Å². The van der Waals surface area contributed by atoms with Crippen molar-refractivity contribution in [2.75, 3.05) is 39.9 Å². The molecule has 1 fully saturated rings. The van der Waals surface area contributed by atoms with Gasteiger partial charge in [-0.1, -0.05) is 12.1 Å². The Kier molecular flexibility index (Phi) is 6.38. The molecule has 22 heavy (non-hydrogen) atoms. The molecule has 0 spiro atoms. The van der Waals surface area contributed by atoms with Crippen molar-refractivity contribution in [2.45, 2.75) is 12.8 Å². The van der Waals surface area contributed by atoms with Crippen molar-refractivity contribution >= 4 is 5.91 Å². The molecule has 118 valence electrons. The maximum absolute atomic E-state index is 12.2. The highest BCUT2D eigenvalue weighted by Crippen LogP contribution is 2.16. The van der Waals surface area contributed by atoms with E-state index in [0.29, 0.717) is 23.6 Å². The highest BCUT2D eigenvalue weighted by atomic mass is 16.5. The number of carbonyl (C=O) groups excluding carboxylic acids is 1. The third-order valence-corrected chi connectivity index (χ3v) is 4.04. The molecule has 1 unspecified atom stereocenters. The van der Waals surface area contributed by atoms with Crippen LogP contribution in [0.1, 0.15) is 28.8 Å². The molecule has 0 saturated carbocycles. The van der Waals surface area contributed by atoms with Crippen molar-refractivity contribution < 1.29 is 9.53 Å². The van der Waals surface area contributed by atoms with Crippen LogP contribution in [0.25, 0.3) is 0 Å². The Labute approximate surface area is 131 Å². The first-order valence-corrected chi connectivity index (χ1v) is 7.73. The van der Waals surface area contributed by atoms with Gasteiger partial charge >= 0.3 is 0 Å². The van der Waals surface area contributed by atoms with E-state index in [1.807, 2.05) is 0 Å². The van der Waals surface area contributed by atoms with Crippen LogP contribution < -0.4 is 5.32 Å². The van der Waals surface area contributed by atoms with Crippen molar-refractivity contribution in [3.8, 4) is 6.07 Å². The third kappa shape index (κ3) is 4.55. The molecule has 1 aromatic carbocycles. The van der Waals surface area contributed by atoms with Crippen LogP contribution in [0.4, 0.5) is 0 Å². The van der Waals surface area contributed by atoms with Crippen LogP contribution in [-0.2, 0) is 4.74 Å². The van der Waals surface area contributed by atoms with E-state index in [2.05, 4.69) is 16.3 Å². The normalized spacial score (nSPS) is 18.1. The van der Waals surface area contributed by atoms with E-state index in [9.17, 15) is 4.79 Å². The molecule has 1 heterocycles. The van der Waals surface area contributed by atoms with Gasteiger partial charge in [0.1, 0.15) is 0 Å². The van der Waals surface area contributed by atoms with Crippen molar-refractivity contribution in [3.05, 3.63) is 35.4 Å². The number of nitrogens with one attached hydrogen (secondary N) is 1. The number of hydrogen-bond acceptors (Lipinski definition) is 4. The molecule has 1 saturated heterocycles. The summed E-state index contributed by atoms with van der Waals surface area (Å²) in [5.74, 6) is 0.329. The Bertz CT molecular complexity index is 539. The standard InChI is InChI=1S/C17H23N3O2/c1-22-10-4-8-20-9-7-14(13-20)12-19-17(21)16-6-3-2-5-15(16)11-18/h2-3,5-6,14H,4,7-10,12-13H2,1H3,(H,19,21). The lowest BCUT2D eigenvalue weighted by Gasteiger charge is -2.16. The minimum Gasteiger partial charge on any atom is -0.385 e. The minimum absolute atomic E-state index is 0.157. The lowest BCUT2D eigenvalue weighted by molar-refractivity contribution is 0.0947. The zero-order valence-corrected chi connectivity index (χ0v) is 13.0. The number of likely N-dealkylation sites (tertiary alicyclic amines) is 1. The van der Waals surface area contributed by atoms with Gasteiger partial charge in [-0.15, -0.1) is 0 Å². The third-order valence-electron chi connectivity index (χ3n) is 4.04. The van der Waals surface area contributed by atoms with E-state index in [0.717, 1.165) is 39.1 Å². The van der Waals surface area contributed by atoms with E-state index in [1.165, 1.54) is 0 Å². The van der Waals surface area contributed by atoms with Gasteiger partial charge in [0.25, 0.3) is 5.91 Å². The molecule has 0 bridgehead atoms. The van der Waals surface area contributed by atoms with Gasteiger partial charge in [-0.2, -0.15) is 5.26 Å². The predicted molar refractivity (Wildman–Crippen MR) is 84.5 cm³/mol. The number of amides is 1. The zero-order valence-electron chi connectivity index (χ0n) is 13.0. The van der Waals surface area contributed by atoms with E-state index in [-0.39, 0.29) is 5.91 Å². The first kappa shape index (κ1) is 16.5. The maximum Gasteiger partial charge on any atom is 0.252 e. The summed E-state index contributed by atoms with van der Waals surface area (Å²) in [6.45, 7) is 4.61. The molecule has 1 N–H and O–H groups in total. The second-order valence-electron chi connectivity index (χ2n) is 5.67. The minimum atomic E-state index is -0.157. The second kappa shape index (κ2) is 8.52. The summed E-state index contributed by atoms with van der Waals surface area (Å²) in [4.78, 5) is 14.6. The highest BCUT2D eigenvalue weighted by molar-refractivity contribution is 5.96. The Hall–Kier alpha value is -1.90. The number of nitriles is 1. The topological polar surface area (TPSA) is 65.4 Å². The number of hydrogen-bond donors (Lipinski definition) is 1. The molecule has 0 radical (unpaired) electrons. The van der Waals surface area contributed by atoms with E-state index in [4.69, 9.17) is 10.00 Å². The predicted octanol–water partition coefficient (Wildman–Crippen LogP) is 1.65. The first-order valence-electron chi connectivity index (χ1n) is 7.73. The largest absolute Gasteiger partial charge is 0.385 e. The van der Waals surface area contributed by atoms with E-state index >= 15 is 0 Å². The zero-order chi connectivity index (χ0) is 15.8. The first-order chi connectivity index (χ1) is 10.7. The Morgan fingerprint density at radius 3 is 3.09 bits per heavy atom. The molecule has 1 atom stereocenters. The molecule has 5 heteroatoms. The SMILES string of the molecule is COCCCN1CCC(CNC(=O)c2ccccc2C#N)C1. The maximum atomic E-state index is 12.2. The fourth-order valence-corrected chi connectivity index (χ4v) is 2.83. The van der Waals surface area contributed by atoms with Gasteiger partial charge in [0.05, 0.1) is 17.2 Å². The van der Waals surface area contributed by atoms with Crippen LogP contribution in [0.5, 0.6) is 0 Å². The average Bonchev–Trinajstić information content (AvgIpc) is 3.00. The Balaban J connectivity index is 1.77. The van der Waals surface area contributed by atoms with Crippen LogP contribution in [0.2, 0.25) is 0 Å². The Morgan fingerprint density at radius 1 is 1.50 bits per heavy atom. The molecular weight excluding hydrogens is 278 g/mol. The summed E-state index contributed by atoms with van der Waals surface area (Å²) in [5, 5.41) is 12.0. The number of rotatable bonds is 7. The fraction of sp³-hybridized carbons (Fsp3) is 0.529. The summed E-state index contributed by atoms with van der Waals surface area (Å²) in [7, 11) is 1.72.